The molecule has 1 aromatic carbocycles. The molecule has 0 heterocycles. The van der Waals surface area contributed by atoms with E-state index in [1.165, 1.54) is 19.1 Å². The molecular weight excluding hydrogens is 268 g/mol. The van der Waals surface area contributed by atoms with Crippen molar-refractivity contribution in [3.63, 3.8) is 0 Å². The highest BCUT2D eigenvalue weighted by molar-refractivity contribution is 5.95. The predicted octanol–water partition coefficient (Wildman–Crippen LogP) is 0.872. The summed E-state index contributed by atoms with van der Waals surface area (Å²) in [7, 11) is 0. The van der Waals surface area contributed by atoms with E-state index in [0.717, 1.165) is 0 Å². The number of para-hydroxylation sites is 2. The van der Waals surface area contributed by atoms with Crippen molar-refractivity contribution in [2.24, 2.45) is 0 Å². The molecule has 106 valence electrons. The van der Waals surface area contributed by atoms with Crippen LogP contribution in [0.25, 0.3) is 0 Å². The van der Waals surface area contributed by atoms with Crippen LogP contribution in [-0.4, -0.2) is 34.7 Å². The van der Waals surface area contributed by atoms with Crippen molar-refractivity contribution >= 4 is 17.9 Å². The molecule has 0 unspecified atom stereocenters. The third-order valence-corrected chi connectivity index (χ3v) is 2.07. The minimum Gasteiger partial charge on any atom is -0.504 e. The number of carbonyl (C=O) groups is 3. The van der Waals surface area contributed by atoms with Gasteiger partial charge in [-0.15, -0.1) is 0 Å². The fourth-order valence-electron chi connectivity index (χ4n) is 1.18. The first-order valence-corrected chi connectivity index (χ1v) is 5.47. The lowest BCUT2D eigenvalue weighted by Crippen LogP contribution is -2.19. The molecule has 0 radical (unpaired) electrons. The maximum atomic E-state index is 11.4. The predicted molar refractivity (Wildman–Crippen MR) is 66.1 cm³/mol. The standard InChI is InChI=1S/C13H12O7/c1-8(6-11(15)16)13(18)19-7-12(17)20-10-5-3-2-4-9(10)14/h2-6,14H,7H2,1H3,(H,15,16)/b8-6+. The van der Waals surface area contributed by atoms with Gasteiger partial charge in [-0.1, -0.05) is 12.1 Å². The largest absolute Gasteiger partial charge is 0.504 e. The number of hydrogen-bond donors (Lipinski definition) is 2. The molecule has 0 fully saturated rings. The number of ether oxygens (including phenoxy) is 2. The van der Waals surface area contributed by atoms with Crippen LogP contribution in [0.1, 0.15) is 6.92 Å². The van der Waals surface area contributed by atoms with Crippen LogP contribution in [0.5, 0.6) is 11.5 Å². The Labute approximate surface area is 114 Å². The first-order chi connectivity index (χ1) is 9.40. The van der Waals surface area contributed by atoms with Crippen LogP contribution in [0.15, 0.2) is 35.9 Å². The molecule has 1 aromatic rings. The fraction of sp³-hybridized carbons (Fsp3) is 0.154. The number of aliphatic carboxylic acids is 1. The number of carboxylic acids is 1. The Balaban J connectivity index is 2.50. The van der Waals surface area contributed by atoms with E-state index < -0.39 is 24.5 Å². The molecule has 0 bridgehead atoms. The number of rotatable bonds is 5. The maximum Gasteiger partial charge on any atom is 0.349 e. The Morgan fingerprint density at radius 1 is 1.25 bits per heavy atom. The molecule has 0 aliphatic rings. The van der Waals surface area contributed by atoms with Gasteiger partial charge >= 0.3 is 17.9 Å². The van der Waals surface area contributed by atoms with E-state index in [1.54, 1.807) is 12.1 Å². The molecule has 0 saturated carbocycles. The Hall–Kier alpha value is -2.83. The SMILES string of the molecule is C/C(=C\C(=O)O)C(=O)OCC(=O)Oc1ccccc1O. The van der Waals surface area contributed by atoms with Crippen LogP contribution >= 0.6 is 0 Å². The quantitative estimate of drug-likeness (QED) is 0.467. The average molecular weight is 280 g/mol. The van der Waals surface area contributed by atoms with Gasteiger partial charge in [0.1, 0.15) is 0 Å². The lowest BCUT2D eigenvalue weighted by molar-refractivity contribution is -0.150. The van der Waals surface area contributed by atoms with Crippen molar-refractivity contribution in [2.45, 2.75) is 6.92 Å². The van der Waals surface area contributed by atoms with Gasteiger partial charge in [-0.3, -0.25) is 0 Å². The molecule has 0 atom stereocenters. The second kappa shape index (κ2) is 6.93. The molecule has 0 aliphatic heterocycles. The molecule has 1 rings (SSSR count). The Kier molecular flexibility index (Phi) is 5.28. The summed E-state index contributed by atoms with van der Waals surface area (Å²) in [6.45, 7) is 0.544. The van der Waals surface area contributed by atoms with Gasteiger partial charge in [0.05, 0.1) is 0 Å². The van der Waals surface area contributed by atoms with Gasteiger partial charge in [0.25, 0.3) is 0 Å². The number of hydrogen-bond acceptors (Lipinski definition) is 6. The summed E-state index contributed by atoms with van der Waals surface area (Å²) in [4.78, 5) is 33.0. The fourth-order valence-corrected chi connectivity index (χ4v) is 1.18. The first-order valence-electron chi connectivity index (χ1n) is 5.47. The van der Waals surface area contributed by atoms with Crippen molar-refractivity contribution in [2.75, 3.05) is 6.61 Å². The molecule has 20 heavy (non-hydrogen) atoms. The van der Waals surface area contributed by atoms with E-state index >= 15 is 0 Å². The van der Waals surface area contributed by atoms with Gasteiger partial charge in [0.15, 0.2) is 18.1 Å². The summed E-state index contributed by atoms with van der Waals surface area (Å²) in [5.41, 5.74) is -0.159. The van der Waals surface area contributed by atoms with Gasteiger partial charge in [-0.25, -0.2) is 14.4 Å². The molecular formula is C13H12O7. The van der Waals surface area contributed by atoms with Crippen LogP contribution in [0.3, 0.4) is 0 Å². The topological polar surface area (TPSA) is 110 Å². The van der Waals surface area contributed by atoms with Crippen LogP contribution < -0.4 is 4.74 Å². The van der Waals surface area contributed by atoms with Gasteiger partial charge in [-0.2, -0.15) is 0 Å². The van der Waals surface area contributed by atoms with Crippen LogP contribution in [-0.2, 0) is 19.1 Å². The summed E-state index contributed by atoms with van der Waals surface area (Å²) >= 11 is 0. The van der Waals surface area contributed by atoms with Crippen LogP contribution in [0, 0.1) is 0 Å². The van der Waals surface area contributed by atoms with E-state index in [-0.39, 0.29) is 17.1 Å². The summed E-state index contributed by atoms with van der Waals surface area (Å²) in [5, 5.41) is 17.8. The summed E-state index contributed by atoms with van der Waals surface area (Å²) < 4.78 is 9.31. The number of esters is 2. The van der Waals surface area contributed by atoms with Crippen LogP contribution in [0.2, 0.25) is 0 Å². The summed E-state index contributed by atoms with van der Waals surface area (Å²) in [5.74, 6) is -3.43. The zero-order chi connectivity index (χ0) is 15.1. The molecule has 0 aliphatic carbocycles. The monoisotopic (exact) mass is 280 g/mol. The first kappa shape index (κ1) is 15.2. The highest BCUT2D eigenvalue weighted by Crippen LogP contribution is 2.24. The van der Waals surface area contributed by atoms with E-state index in [1.807, 2.05) is 0 Å². The van der Waals surface area contributed by atoms with Crippen molar-refractivity contribution in [3.8, 4) is 11.5 Å². The molecule has 0 saturated heterocycles. The maximum absolute atomic E-state index is 11.4. The molecule has 2 N–H and O–H groups in total. The second-order valence-electron chi connectivity index (χ2n) is 3.68. The van der Waals surface area contributed by atoms with E-state index in [4.69, 9.17) is 9.84 Å². The minimum atomic E-state index is -1.30. The van der Waals surface area contributed by atoms with Crippen molar-refractivity contribution in [1.29, 1.82) is 0 Å². The second-order valence-corrected chi connectivity index (χ2v) is 3.68. The minimum absolute atomic E-state index is 0.0636. The lowest BCUT2D eigenvalue weighted by Gasteiger charge is -2.06. The van der Waals surface area contributed by atoms with E-state index in [0.29, 0.717) is 6.08 Å². The third kappa shape index (κ3) is 4.81. The number of phenolic OH excluding ortho intramolecular Hbond substituents is 1. The van der Waals surface area contributed by atoms with E-state index in [9.17, 15) is 19.5 Å². The number of benzene rings is 1. The highest BCUT2D eigenvalue weighted by Gasteiger charge is 2.13. The average Bonchev–Trinajstić information content (AvgIpc) is 2.38. The zero-order valence-corrected chi connectivity index (χ0v) is 10.5. The molecule has 0 amide bonds. The number of phenols is 1. The van der Waals surface area contributed by atoms with Crippen LogP contribution in [0.4, 0.5) is 0 Å². The summed E-state index contributed by atoms with van der Waals surface area (Å²) in [6.07, 6.45) is 0.663. The summed E-state index contributed by atoms with van der Waals surface area (Å²) in [6, 6.07) is 5.79. The lowest BCUT2D eigenvalue weighted by atomic mass is 10.3. The Bertz CT molecular complexity index is 560. The van der Waals surface area contributed by atoms with Gasteiger partial charge in [0, 0.05) is 11.6 Å². The highest BCUT2D eigenvalue weighted by atomic mass is 16.6. The van der Waals surface area contributed by atoms with Crippen molar-refractivity contribution in [3.05, 3.63) is 35.9 Å². The van der Waals surface area contributed by atoms with Crippen molar-refractivity contribution in [1.82, 2.24) is 0 Å². The smallest absolute Gasteiger partial charge is 0.349 e. The van der Waals surface area contributed by atoms with E-state index in [2.05, 4.69) is 4.74 Å². The Morgan fingerprint density at radius 2 is 1.90 bits per heavy atom. The molecule has 0 spiro atoms. The normalized spacial score (nSPS) is 10.8. The number of carboxylic acid groups (broad SMARTS) is 1. The third-order valence-electron chi connectivity index (χ3n) is 2.07. The van der Waals surface area contributed by atoms with Gasteiger partial charge in [0.2, 0.25) is 0 Å². The molecule has 7 nitrogen and oxygen atoms in total. The Morgan fingerprint density at radius 3 is 2.50 bits per heavy atom. The molecule has 7 heteroatoms. The molecule has 0 aromatic heterocycles. The zero-order valence-electron chi connectivity index (χ0n) is 10.5. The van der Waals surface area contributed by atoms with Crippen molar-refractivity contribution < 1.29 is 34.1 Å². The van der Waals surface area contributed by atoms with Gasteiger partial charge < -0.3 is 19.7 Å². The number of aromatic hydroxyl groups is 1. The van der Waals surface area contributed by atoms with Gasteiger partial charge in [-0.05, 0) is 19.1 Å². The number of carbonyl (C=O) groups excluding carboxylic acids is 2.